The van der Waals surface area contributed by atoms with Crippen molar-refractivity contribution in [2.45, 2.75) is 19.9 Å². The van der Waals surface area contributed by atoms with Gasteiger partial charge in [0.15, 0.2) is 11.6 Å². The van der Waals surface area contributed by atoms with E-state index in [-0.39, 0.29) is 11.8 Å². The molecule has 0 radical (unpaired) electrons. The maximum atomic E-state index is 12.2. The quantitative estimate of drug-likeness (QED) is 0.612. The molecule has 132 valence electrons. The van der Waals surface area contributed by atoms with Gasteiger partial charge < -0.3 is 10.6 Å². The highest BCUT2D eigenvalue weighted by atomic mass is 16.2. The molecule has 0 unspecified atom stereocenters. The second-order valence-electron chi connectivity index (χ2n) is 5.74. The highest BCUT2D eigenvalue weighted by Crippen LogP contribution is 2.16. The van der Waals surface area contributed by atoms with E-state index in [1.807, 2.05) is 6.07 Å². The van der Waals surface area contributed by atoms with Crippen LogP contribution >= 0.6 is 0 Å². The Hall–Kier alpha value is -3.55. The van der Waals surface area contributed by atoms with Crippen molar-refractivity contribution in [3.05, 3.63) is 60.2 Å². The Morgan fingerprint density at radius 1 is 1.19 bits per heavy atom. The maximum Gasteiger partial charge on any atom is 0.319 e. The van der Waals surface area contributed by atoms with Crippen LogP contribution in [0.1, 0.15) is 36.1 Å². The highest BCUT2D eigenvalue weighted by molar-refractivity contribution is 5.96. The zero-order valence-corrected chi connectivity index (χ0v) is 14.4. The molecule has 0 saturated carbocycles. The van der Waals surface area contributed by atoms with E-state index in [2.05, 4.69) is 30.8 Å². The largest absolute Gasteiger partial charge is 0.328 e. The van der Waals surface area contributed by atoms with Crippen molar-refractivity contribution in [2.75, 3.05) is 5.32 Å². The molecule has 2 heterocycles. The van der Waals surface area contributed by atoms with Crippen molar-refractivity contribution in [3.63, 3.8) is 0 Å². The van der Waals surface area contributed by atoms with E-state index in [0.717, 1.165) is 5.56 Å². The second-order valence-corrected chi connectivity index (χ2v) is 5.74. The van der Waals surface area contributed by atoms with Crippen LogP contribution < -0.4 is 10.6 Å². The molecule has 0 aliphatic heterocycles. The van der Waals surface area contributed by atoms with Gasteiger partial charge in [-0.15, -0.1) is 0 Å². The molecule has 0 aliphatic rings. The molecule has 0 saturated heterocycles. The average Bonchev–Trinajstić information content (AvgIpc) is 3.13. The predicted molar refractivity (Wildman–Crippen MR) is 96.6 cm³/mol. The summed E-state index contributed by atoms with van der Waals surface area (Å²) in [4.78, 5) is 32.0. The number of rotatable bonds is 5. The van der Waals surface area contributed by atoms with E-state index in [9.17, 15) is 9.59 Å². The molecule has 3 N–H and O–H groups in total. The predicted octanol–water partition coefficient (Wildman–Crippen LogP) is 2.95. The Balaban J connectivity index is 1.64. The first kappa shape index (κ1) is 17.3. The monoisotopic (exact) mass is 350 g/mol. The molecule has 0 spiro atoms. The molecule has 0 fully saturated rings. The fraction of sp³-hybridized carbons (Fsp3) is 0.167. The summed E-state index contributed by atoms with van der Waals surface area (Å²) < 4.78 is 0. The van der Waals surface area contributed by atoms with Crippen molar-refractivity contribution in [2.24, 2.45) is 0 Å². The van der Waals surface area contributed by atoms with Gasteiger partial charge in [0.05, 0.1) is 6.04 Å². The molecule has 1 atom stereocenters. The Morgan fingerprint density at radius 3 is 2.77 bits per heavy atom. The Bertz CT molecular complexity index is 922. The SMILES string of the molecule is CC(=O)c1cccc(NC(=O)N[C@H](C)c2nc(-c3cccnc3)n[nH]2)c1. The third-order valence-corrected chi connectivity index (χ3v) is 3.71. The topological polar surface area (TPSA) is 113 Å². The number of Topliss-reactive ketones (excluding diaryl/α,β-unsaturated/α-hetero) is 1. The van der Waals surface area contributed by atoms with Gasteiger partial charge >= 0.3 is 6.03 Å². The van der Waals surface area contributed by atoms with Crippen LogP contribution in [0.4, 0.5) is 10.5 Å². The number of ketones is 1. The molecule has 2 amide bonds. The van der Waals surface area contributed by atoms with Gasteiger partial charge in [-0.2, -0.15) is 5.10 Å². The Morgan fingerprint density at radius 2 is 2.04 bits per heavy atom. The number of benzene rings is 1. The lowest BCUT2D eigenvalue weighted by Gasteiger charge is -2.12. The van der Waals surface area contributed by atoms with E-state index in [0.29, 0.717) is 22.9 Å². The second kappa shape index (κ2) is 7.56. The number of anilines is 1. The summed E-state index contributed by atoms with van der Waals surface area (Å²) in [6, 6.07) is 9.62. The molecule has 3 aromatic rings. The van der Waals surface area contributed by atoms with Crippen LogP contribution in [-0.2, 0) is 0 Å². The molecule has 26 heavy (non-hydrogen) atoms. The molecular weight excluding hydrogens is 332 g/mol. The number of nitrogens with one attached hydrogen (secondary N) is 3. The summed E-state index contributed by atoms with van der Waals surface area (Å²) in [7, 11) is 0. The number of hydrogen-bond donors (Lipinski definition) is 3. The summed E-state index contributed by atoms with van der Waals surface area (Å²) in [6.45, 7) is 3.27. The zero-order chi connectivity index (χ0) is 18.5. The summed E-state index contributed by atoms with van der Waals surface area (Å²) in [5, 5.41) is 12.4. The normalized spacial score (nSPS) is 11.6. The van der Waals surface area contributed by atoms with Gasteiger partial charge in [-0.3, -0.25) is 14.9 Å². The van der Waals surface area contributed by atoms with Crippen LogP contribution in [0, 0.1) is 0 Å². The van der Waals surface area contributed by atoms with Crippen molar-refractivity contribution in [1.29, 1.82) is 0 Å². The van der Waals surface area contributed by atoms with Gasteiger partial charge in [0.25, 0.3) is 0 Å². The molecule has 3 rings (SSSR count). The fourth-order valence-electron chi connectivity index (χ4n) is 2.34. The molecule has 1 aromatic carbocycles. The number of nitrogens with zero attached hydrogens (tertiary/aromatic N) is 3. The summed E-state index contributed by atoms with van der Waals surface area (Å²) >= 11 is 0. The lowest BCUT2D eigenvalue weighted by molar-refractivity contribution is 0.101. The molecule has 8 nitrogen and oxygen atoms in total. The number of H-pyrrole nitrogens is 1. The molecule has 8 heteroatoms. The minimum Gasteiger partial charge on any atom is -0.328 e. The van der Waals surface area contributed by atoms with E-state index in [1.54, 1.807) is 49.6 Å². The summed E-state index contributed by atoms with van der Waals surface area (Å²) in [6.07, 6.45) is 3.34. The third-order valence-electron chi connectivity index (χ3n) is 3.71. The van der Waals surface area contributed by atoms with Crippen molar-refractivity contribution in [3.8, 4) is 11.4 Å². The first-order chi connectivity index (χ1) is 12.5. The van der Waals surface area contributed by atoms with Gasteiger partial charge in [-0.25, -0.2) is 9.78 Å². The van der Waals surface area contributed by atoms with E-state index in [4.69, 9.17) is 0 Å². The smallest absolute Gasteiger partial charge is 0.319 e. The van der Waals surface area contributed by atoms with Gasteiger partial charge in [0, 0.05) is 29.2 Å². The van der Waals surface area contributed by atoms with Crippen LogP contribution in [0.15, 0.2) is 48.8 Å². The Labute approximate surface area is 150 Å². The minimum absolute atomic E-state index is 0.0629. The highest BCUT2D eigenvalue weighted by Gasteiger charge is 2.15. The number of aromatic nitrogens is 4. The molecule has 0 aliphatic carbocycles. The third kappa shape index (κ3) is 4.10. The zero-order valence-electron chi connectivity index (χ0n) is 14.4. The molecule has 2 aromatic heterocycles. The Kier molecular flexibility index (Phi) is 5.02. The minimum atomic E-state index is -0.405. The number of pyridine rings is 1. The maximum absolute atomic E-state index is 12.2. The fourth-order valence-corrected chi connectivity index (χ4v) is 2.34. The number of aromatic amines is 1. The lowest BCUT2D eigenvalue weighted by Crippen LogP contribution is -2.31. The molecule has 0 bridgehead atoms. The summed E-state index contributed by atoms with van der Waals surface area (Å²) in [5.74, 6) is 0.972. The van der Waals surface area contributed by atoms with Crippen molar-refractivity contribution >= 4 is 17.5 Å². The number of carbonyl (C=O) groups excluding carboxylic acids is 2. The standard InChI is InChI=1S/C18H18N6O2/c1-11(16-22-17(24-23-16)14-6-4-8-19-10-14)20-18(26)21-15-7-3-5-13(9-15)12(2)25/h3-11H,1-2H3,(H2,20,21,26)(H,22,23,24)/t11-/m1/s1. The first-order valence-corrected chi connectivity index (χ1v) is 8.04. The van der Waals surface area contributed by atoms with Gasteiger partial charge in [-0.05, 0) is 38.1 Å². The number of carbonyl (C=O) groups is 2. The van der Waals surface area contributed by atoms with Crippen molar-refractivity contribution < 1.29 is 9.59 Å². The molecular formula is C18H18N6O2. The van der Waals surface area contributed by atoms with E-state index in [1.165, 1.54) is 6.92 Å². The number of urea groups is 1. The van der Waals surface area contributed by atoms with Crippen LogP contribution in [0.2, 0.25) is 0 Å². The van der Waals surface area contributed by atoms with Crippen LogP contribution in [0.25, 0.3) is 11.4 Å². The van der Waals surface area contributed by atoms with Crippen LogP contribution in [0.3, 0.4) is 0 Å². The van der Waals surface area contributed by atoms with Crippen LogP contribution in [0.5, 0.6) is 0 Å². The van der Waals surface area contributed by atoms with Gasteiger partial charge in [0.2, 0.25) is 0 Å². The van der Waals surface area contributed by atoms with E-state index >= 15 is 0 Å². The van der Waals surface area contributed by atoms with Gasteiger partial charge in [-0.1, -0.05) is 12.1 Å². The number of hydrogen-bond acceptors (Lipinski definition) is 5. The summed E-state index contributed by atoms with van der Waals surface area (Å²) in [5.41, 5.74) is 1.86. The first-order valence-electron chi connectivity index (χ1n) is 8.04. The lowest BCUT2D eigenvalue weighted by atomic mass is 10.1. The van der Waals surface area contributed by atoms with Crippen LogP contribution in [-0.4, -0.2) is 32.0 Å². The van der Waals surface area contributed by atoms with Gasteiger partial charge in [0.1, 0.15) is 5.82 Å². The van der Waals surface area contributed by atoms with Crippen molar-refractivity contribution in [1.82, 2.24) is 25.5 Å². The number of amides is 2. The average molecular weight is 350 g/mol. The van der Waals surface area contributed by atoms with E-state index < -0.39 is 6.03 Å².